The van der Waals surface area contributed by atoms with E-state index >= 15 is 0 Å². The summed E-state index contributed by atoms with van der Waals surface area (Å²) in [7, 11) is 0. The van der Waals surface area contributed by atoms with Crippen molar-refractivity contribution in [1.29, 1.82) is 5.26 Å². The Kier molecular flexibility index (Phi) is 7.62. The third-order valence-electron chi connectivity index (χ3n) is 4.62. The number of halogens is 3. The van der Waals surface area contributed by atoms with Gasteiger partial charge in [-0.15, -0.1) is 0 Å². The number of nitrogens with zero attached hydrogens (tertiary/aromatic N) is 1. The summed E-state index contributed by atoms with van der Waals surface area (Å²) in [6.45, 7) is 0.595. The third-order valence-corrected chi connectivity index (χ3v) is 6.47. The highest BCUT2D eigenvalue weighted by Crippen LogP contribution is 2.34. The fraction of sp³-hybridized carbons (Fsp3) is 0.0833. The lowest BCUT2D eigenvalue weighted by molar-refractivity contribution is -0.112. The van der Waals surface area contributed by atoms with E-state index in [1.165, 1.54) is 0 Å². The Labute approximate surface area is 222 Å². The summed E-state index contributed by atoms with van der Waals surface area (Å²) in [5.41, 5.74) is 2.23. The van der Waals surface area contributed by atoms with Gasteiger partial charge in [0, 0.05) is 10.7 Å². The maximum Gasteiger partial charge on any atom is 0.266 e. The molecule has 9 heteroatoms. The lowest BCUT2D eigenvalue weighted by Crippen LogP contribution is -2.13. The van der Waals surface area contributed by atoms with E-state index in [4.69, 9.17) is 25.8 Å². The number of fused-ring (bicyclic) bond motifs is 1. The number of carbonyl (C=O) groups excluding carboxylic acids is 1. The first-order valence-corrected chi connectivity index (χ1v) is 12.2. The second kappa shape index (κ2) is 10.6. The van der Waals surface area contributed by atoms with Crippen molar-refractivity contribution in [2.45, 2.75) is 6.61 Å². The molecule has 0 saturated carbocycles. The van der Waals surface area contributed by atoms with Gasteiger partial charge < -0.3 is 19.5 Å². The average molecular weight is 685 g/mol. The molecule has 0 fully saturated rings. The van der Waals surface area contributed by atoms with Gasteiger partial charge in [-0.3, -0.25) is 4.79 Å². The molecule has 1 N–H and O–H groups in total. The van der Waals surface area contributed by atoms with E-state index in [0.717, 1.165) is 29.8 Å². The number of nitrogens with one attached hydrogen (secondary N) is 1. The summed E-state index contributed by atoms with van der Waals surface area (Å²) < 4.78 is 18.5. The number of carbonyl (C=O) groups is 1. The Morgan fingerprint density at radius 2 is 1.79 bits per heavy atom. The highest BCUT2D eigenvalue weighted by Gasteiger charge is 2.15. The van der Waals surface area contributed by atoms with Crippen LogP contribution >= 0.6 is 56.8 Å². The molecule has 166 valence electrons. The van der Waals surface area contributed by atoms with E-state index in [0.29, 0.717) is 23.1 Å². The molecule has 0 bridgehead atoms. The molecule has 0 unspecified atom stereocenters. The fourth-order valence-electron chi connectivity index (χ4n) is 3.03. The molecule has 0 atom stereocenters. The molecule has 4 rings (SSSR count). The van der Waals surface area contributed by atoms with Crippen molar-refractivity contribution in [3.05, 3.63) is 83.5 Å². The van der Waals surface area contributed by atoms with Crippen LogP contribution in [0, 0.1) is 18.5 Å². The van der Waals surface area contributed by atoms with E-state index in [1.54, 1.807) is 30.3 Å². The van der Waals surface area contributed by atoms with Crippen molar-refractivity contribution in [3.8, 4) is 23.3 Å². The smallest absolute Gasteiger partial charge is 0.266 e. The molecule has 0 aromatic heterocycles. The maximum atomic E-state index is 12.5. The maximum absolute atomic E-state index is 12.5. The number of amides is 1. The van der Waals surface area contributed by atoms with Crippen molar-refractivity contribution < 1.29 is 19.0 Å². The first kappa shape index (κ1) is 23.7. The van der Waals surface area contributed by atoms with E-state index in [2.05, 4.69) is 50.5 Å². The third kappa shape index (κ3) is 5.90. The zero-order chi connectivity index (χ0) is 23.4. The second-order valence-corrected chi connectivity index (χ2v) is 9.68. The summed E-state index contributed by atoms with van der Waals surface area (Å²) in [5, 5.41) is 12.8. The van der Waals surface area contributed by atoms with E-state index in [9.17, 15) is 10.1 Å². The summed E-state index contributed by atoms with van der Waals surface area (Å²) in [5.74, 6) is 1.68. The Bertz CT molecular complexity index is 1260. The molecule has 1 aliphatic rings. The van der Waals surface area contributed by atoms with Gasteiger partial charge in [0.25, 0.3) is 5.91 Å². The molecule has 0 aliphatic carbocycles. The zero-order valence-corrected chi connectivity index (χ0v) is 22.0. The lowest BCUT2D eigenvalue weighted by atomic mass is 10.1. The second-order valence-electron chi connectivity index (χ2n) is 6.92. The molecule has 6 nitrogen and oxygen atoms in total. The van der Waals surface area contributed by atoms with Crippen LogP contribution in [-0.4, -0.2) is 12.7 Å². The van der Waals surface area contributed by atoms with Crippen molar-refractivity contribution in [3.63, 3.8) is 0 Å². The summed E-state index contributed by atoms with van der Waals surface area (Å²) in [4.78, 5) is 12.5. The molecular formula is C24H15ClI2N2O4. The van der Waals surface area contributed by atoms with E-state index in [1.807, 2.05) is 36.4 Å². The fourth-order valence-corrected chi connectivity index (χ4v) is 5.29. The predicted octanol–water partition coefficient (Wildman–Crippen LogP) is 6.40. The summed E-state index contributed by atoms with van der Waals surface area (Å²) in [6.07, 6.45) is 1.55. The summed E-state index contributed by atoms with van der Waals surface area (Å²) in [6, 6.07) is 18.1. The molecule has 1 amide bonds. The molecule has 0 saturated heterocycles. The highest BCUT2D eigenvalue weighted by atomic mass is 127. The first-order chi connectivity index (χ1) is 15.9. The number of hydrogen-bond donors (Lipinski definition) is 1. The Morgan fingerprint density at radius 3 is 2.48 bits per heavy atom. The van der Waals surface area contributed by atoms with Crippen LogP contribution in [0.2, 0.25) is 5.02 Å². The largest absolute Gasteiger partial charge is 0.487 e. The number of hydrogen-bond acceptors (Lipinski definition) is 5. The van der Waals surface area contributed by atoms with Crippen molar-refractivity contribution >= 4 is 74.5 Å². The summed E-state index contributed by atoms with van der Waals surface area (Å²) >= 11 is 10.2. The van der Waals surface area contributed by atoms with Crippen molar-refractivity contribution in [2.24, 2.45) is 0 Å². The van der Waals surface area contributed by atoms with Crippen LogP contribution < -0.4 is 19.5 Å². The standard InChI is InChI=1S/C24H15ClI2N2O4/c25-17-2-4-18(5-3-17)29-24(30)16(11-28)7-15-8-19(26)23(20(27)9-15)31-12-14-1-6-21-22(10-14)33-13-32-21/h1-10H,12-13H2,(H,29,30)/b16-7-. The van der Waals surface area contributed by atoms with Crippen LogP contribution in [0.5, 0.6) is 17.2 Å². The van der Waals surface area contributed by atoms with Crippen LogP contribution in [0.25, 0.3) is 6.08 Å². The lowest BCUT2D eigenvalue weighted by Gasteiger charge is -2.12. The molecule has 0 spiro atoms. The molecule has 3 aromatic carbocycles. The molecule has 3 aromatic rings. The minimum atomic E-state index is -0.493. The van der Waals surface area contributed by atoms with Gasteiger partial charge >= 0.3 is 0 Å². The topological polar surface area (TPSA) is 80.6 Å². The molecule has 0 radical (unpaired) electrons. The quantitative estimate of drug-likeness (QED) is 0.185. The predicted molar refractivity (Wildman–Crippen MR) is 142 cm³/mol. The minimum absolute atomic E-state index is 0.00872. The van der Waals surface area contributed by atoms with E-state index < -0.39 is 5.91 Å². The SMILES string of the molecule is N#C/C(=C/c1cc(I)c(OCc2ccc3c(c2)OCO3)c(I)c1)C(=O)Nc1ccc(Cl)cc1. The van der Waals surface area contributed by atoms with E-state index in [-0.39, 0.29) is 12.4 Å². The number of rotatable bonds is 6. The molecule has 1 heterocycles. The monoisotopic (exact) mass is 684 g/mol. The van der Waals surface area contributed by atoms with Crippen LogP contribution in [0.4, 0.5) is 5.69 Å². The molecule has 1 aliphatic heterocycles. The Hall–Kier alpha value is -2.49. The normalized spacial score (nSPS) is 12.2. The van der Waals surface area contributed by atoms with Crippen LogP contribution in [0.1, 0.15) is 11.1 Å². The Morgan fingerprint density at radius 1 is 1.09 bits per heavy atom. The first-order valence-electron chi connectivity index (χ1n) is 9.62. The Balaban J connectivity index is 1.48. The minimum Gasteiger partial charge on any atom is -0.487 e. The average Bonchev–Trinajstić information content (AvgIpc) is 3.26. The van der Waals surface area contributed by atoms with Crippen molar-refractivity contribution in [2.75, 3.05) is 12.1 Å². The number of nitriles is 1. The number of benzene rings is 3. The van der Waals surface area contributed by atoms with Gasteiger partial charge in [-0.25, -0.2) is 0 Å². The van der Waals surface area contributed by atoms with Gasteiger partial charge in [0.2, 0.25) is 6.79 Å². The van der Waals surface area contributed by atoms with Crippen LogP contribution in [-0.2, 0) is 11.4 Å². The van der Waals surface area contributed by atoms with Gasteiger partial charge in [0.05, 0.1) is 7.14 Å². The molecule has 33 heavy (non-hydrogen) atoms. The number of ether oxygens (including phenoxy) is 3. The van der Waals surface area contributed by atoms with Gasteiger partial charge in [0.15, 0.2) is 11.5 Å². The van der Waals surface area contributed by atoms with Crippen LogP contribution in [0.15, 0.2) is 60.2 Å². The van der Waals surface area contributed by atoms with Gasteiger partial charge in [0.1, 0.15) is 24.0 Å². The van der Waals surface area contributed by atoms with Crippen molar-refractivity contribution in [1.82, 2.24) is 0 Å². The van der Waals surface area contributed by atoms with Crippen LogP contribution in [0.3, 0.4) is 0 Å². The van der Waals surface area contributed by atoms with Gasteiger partial charge in [-0.2, -0.15) is 5.26 Å². The number of anilines is 1. The zero-order valence-electron chi connectivity index (χ0n) is 16.9. The highest BCUT2D eigenvalue weighted by molar-refractivity contribution is 14.1. The molecular weight excluding hydrogens is 670 g/mol. The van der Waals surface area contributed by atoms with Gasteiger partial charge in [-0.05, 0) is 111 Å². The van der Waals surface area contributed by atoms with Gasteiger partial charge in [-0.1, -0.05) is 17.7 Å².